The van der Waals surface area contributed by atoms with Gasteiger partial charge < -0.3 is 14.5 Å². The Morgan fingerprint density at radius 1 is 1.39 bits per heavy atom. The van der Waals surface area contributed by atoms with Crippen molar-refractivity contribution in [1.29, 1.82) is 0 Å². The van der Waals surface area contributed by atoms with Crippen LogP contribution < -0.4 is 5.32 Å². The molecule has 1 aliphatic heterocycles. The zero-order valence-corrected chi connectivity index (χ0v) is 13.2. The summed E-state index contributed by atoms with van der Waals surface area (Å²) in [5.74, 6) is 0.905. The monoisotopic (exact) mass is 315 g/mol. The van der Waals surface area contributed by atoms with E-state index < -0.39 is 0 Å². The predicted molar refractivity (Wildman–Crippen MR) is 82.5 cm³/mol. The van der Waals surface area contributed by atoms with Gasteiger partial charge >= 0.3 is 0 Å². The summed E-state index contributed by atoms with van der Waals surface area (Å²) in [7, 11) is 1.88. The second-order valence-electron chi connectivity index (χ2n) is 6.32. The third kappa shape index (κ3) is 2.57. The Balaban J connectivity index is 1.50. The molecule has 2 aliphatic rings. The summed E-state index contributed by atoms with van der Waals surface area (Å²) in [4.78, 5) is 12.8. The fourth-order valence-electron chi connectivity index (χ4n) is 3.73. The van der Waals surface area contributed by atoms with Crippen LogP contribution in [0.4, 0.5) is 0 Å². The van der Waals surface area contributed by atoms with Crippen LogP contribution in [0.15, 0.2) is 29.0 Å². The number of amides is 1. The van der Waals surface area contributed by atoms with E-state index in [2.05, 4.69) is 10.4 Å². The molecule has 1 amide bonds. The number of hydrogen-bond acceptors (Lipinski definition) is 4. The van der Waals surface area contributed by atoms with E-state index in [1.54, 1.807) is 17.1 Å². The second kappa shape index (κ2) is 5.85. The number of nitrogens with one attached hydrogen (secondary N) is 1. The molecule has 0 saturated carbocycles. The third-order valence-electron chi connectivity index (χ3n) is 4.95. The first kappa shape index (κ1) is 14.5. The number of nitrogens with zero attached hydrogens (tertiary/aromatic N) is 2. The largest absolute Gasteiger partial charge is 0.469 e. The summed E-state index contributed by atoms with van der Waals surface area (Å²) in [6, 6.07) is 3.95. The van der Waals surface area contributed by atoms with Crippen molar-refractivity contribution in [2.45, 2.75) is 37.8 Å². The van der Waals surface area contributed by atoms with E-state index in [0.29, 0.717) is 6.61 Å². The molecule has 1 N–H and O–H groups in total. The van der Waals surface area contributed by atoms with Crippen molar-refractivity contribution in [3.8, 4) is 0 Å². The standard InChI is InChI=1S/C17H21N3O3/c1-20-14(5-8-18-20)16-12(7-10-23-16)17(21)19-13-3-2-4-15-11(13)6-9-22-15/h5-6,8-9,12-13,16H,2-4,7,10H2,1H3,(H,19,21)/t12-,13-,16-/m1/s1. The smallest absolute Gasteiger partial charge is 0.226 e. The van der Waals surface area contributed by atoms with E-state index in [-0.39, 0.29) is 24.0 Å². The van der Waals surface area contributed by atoms with E-state index >= 15 is 0 Å². The number of ether oxygens (including phenoxy) is 1. The molecule has 1 fully saturated rings. The minimum absolute atomic E-state index is 0.0535. The second-order valence-corrected chi connectivity index (χ2v) is 6.32. The highest BCUT2D eigenvalue weighted by Crippen LogP contribution is 2.36. The highest BCUT2D eigenvalue weighted by atomic mass is 16.5. The zero-order chi connectivity index (χ0) is 15.8. The molecule has 0 bridgehead atoms. The number of carbonyl (C=O) groups excluding carboxylic acids is 1. The molecule has 2 aromatic heterocycles. The Morgan fingerprint density at radius 2 is 2.30 bits per heavy atom. The lowest BCUT2D eigenvalue weighted by atomic mass is 9.91. The van der Waals surface area contributed by atoms with Gasteiger partial charge in [-0.05, 0) is 31.4 Å². The van der Waals surface area contributed by atoms with Crippen LogP contribution in [-0.2, 0) is 23.0 Å². The summed E-state index contributed by atoms with van der Waals surface area (Å²) in [6.45, 7) is 0.607. The average Bonchev–Trinajstić information content (AvgIpc) is 3.26. The molecule has 1 aliphatic carbocycles. The van der Waals surface area contributed by atoms with Gasteiger partial charge in [-0.3, -0.25) is 9.48 Å². The van der Waals surface area contributed by atoms with Gasteiger partial charge in [0.2, 0.25) is 5.91 Å². The number of fused-ring (bicyclic) bond motifs is 1. The van der Waals surface area contributed by atoms with Gasteiger partial charge in [-0.25, -0.2) is 0 Å². The molecule has 6 heteroatoms. The van der Waals surface area contributed by atoms with Gasteiger partial charge in [0.05, 0.1) is 23.9 Å². The van der Waals surface area contributed by atoms with Gasteiger partial charge in [-0.2, -0.15) is 5.10 Å². The van der Waals surface area contributed by atoms with E-state index in [0.717, 1.165) is 42.7 Å². The molecule has 0 radical (unpaired) electrons. The molecule has 0 unspecified atom stereocenters. The Labute approximate surface area is 134 Å². The van der Waals surface area contributed by atoms with Crippen LogP contribution in [-0.4, -0.2) is 22.3 Å². The lowest BCUT2D eigenvalue weighted by molar-refractivity contribution is -0.127. The van der Waals surface area contributed by atoms with Crippen LogP contribution in [0.3, 0.4) is 0 Å². The lowest BCUT2D eigenvalue weighted by Crippen LogP contribution is -2.36. The fourth-order valence-corrected chi connectivity index (χ4v) is 3.73. The van der Waals surface area contributed by atoms with Crippen LogP contribution in [0.5, 0.6) is 0 Å². The normalized spacial score (nSPS) is 26.9. The van der Waals surface area contributed by atoms with Crippen molar-refractivity contribution in [2.24, 2.45) is 13.0 Å². The molecule has 4 rings (SSSR count). The van der Waals surface area contributed by atoms with E-state index in [1.165, 1.54) is 0 Å². The van der Waals surface area contributed by atoms with E-state index in [9.17, 15) is 4.79 Å². The first-order chi connectivity index (χ1) is 11.2. The Kier molecular flexibility index (Phi) is 3.69. The molecule has 3 atom stereocenters. The average molecular weight is 315 g/mol. The van der Waals surface area contributed by atoms with Crippen molar-refractivity contribution in [3.05, 3.63) is 41.6 Å². The number of furan rings is 1. The summed E-state index contributed by atoms with van der Waals surface area (Å²) in [6.07, 6.45) is 6.94. The van der Waals surface area contributed by atoms with Crippen molar-refractivity contribution < 1.29 is 13.9 Å². The van der Waals surface area contributed by atoms with E-state index in [4.69, 9.17) is 9.15 Å². The van der Waals surface area contributed by atoms with Crippen LogP contribution >= 0.6 is 0 Å². The highest BCUT2D eigenvalue weighted by molar-refractivity contribution is 5.80. The minimum Gasteiger partial charge on any atom is -0.469 e. The summed E-state index contributed by atoms with van der Waals surface area (Å²) in [5.41, 5.74) is 2.08. The SMILES string of the molecule is Cn1nccc1[C@@H]1OCC[C@H]1C(=O)N[C@@H]1CCCc2occc21. The fraction of sp³-hybridized carbons (Fsp3) is 0.529. The minimum atomic E-state index is -0.213. The van der Waals surface area contributed by atoms with Crippen LogP contribution in [0.2, 0.25) is 0 Å². The van der Waals surface area contributed by atoms with Gasteiger partial charge in [0.15, 0.2) is 0 Å². The van der Waals surface area contributed by atoms with Crippen LogP contribution in [0.1, 0.15) is 48.4 Å². The van der Waals surface area contributed by atoms with Gasteiger partial charge in [0.1, 0.15) is 11.9 Å². The lowest BCUT2D eigenvalue weighted by Gasteiger charge is -2.25. The Bertz CT molecular complexity index is 706. The van der Waals surface area contributed by atoms with Crippen molar-refractivity contribution in [3.63, 3.8) is 0 Å². The van der Waals surface area contributed by atoms with Gasteiger partial charge in [-0.15, -0.1) is 0 Å². The van der Waals surface area contributed by atoms with Crippen LogP contribution in [0.25, 0.3) is 0 Å². The highest BCUT2D eigenvalue weighted by Gasteiger charge is 2.38. The number of hydrogen-bond donors (Lipinski definition) is 1. The quantitative estimate of drug-likeness (QED) is 0.943. The first-order valence-electron chi connectivity index (χ1n) is 8.20. The topological polar surface area (TPSA) is 69.3 Å². The number of aromatic nitrogens is 2. The molecule has 6 nitrogen and oxygen atoms in total. The maximum Gasteiger partial charge on any atom is 0.226 e. The zero-order valence-electron chi connectivity index (χ0n) is 13.2. The van der Waals surface area contributed by atoms with Gasteiger partial charge in [0, 0.05) is 31.8 Å². The maximum atomic E-state index is 12.8. The van der Waals surface area contributed by atoms with Crippen molar-refractivity contribution in [1.82, 2.24) is 15.1 Å². The van der Waals surface area contributed by atoms with Gasteiger partial charge in [0.25, 0.3) is 0 Å². The molecule has 0 aromatic carbocycles. The maximum absolute atomic E-state index is 12.8. The molecular weight excluding hydrogens is 294 g/mol. The Hall–Kier alpha value is -2.08. The van der Waals surface area contributed by atoms with E-state index in [1.807, 2.05) is 19.2 Å². The first-order valence-corrected chi connectivity index (χ1v) is 8.20. The summed E-state index contributed by atoms with van der Waals surface area (Å²) < 4.78 is 13.1. The van der Waals surface area contributed by atoms with Crippen molar-refractivity contribution >= 4 is 5.91 Å². The molecule has 122 valence electrons. The molecule has 3 heterocycles. The van der Waals surface area contributed by atoms with Gasteiger partial charge in [-0.1, -0.05) is 0 Å². The number of rotatable bonds is 3. The summed E-state index contributed by atoms with van der Waals surface area (Å²) >= 11 is 0. The molecule has 2 aromatic rings. The van der Waals surface area contributed by atoms with Crippen LogP contribution in [0, 0.1) is 5.92 Å². The summed E-state index contributed by atoms with van der Waals surface area (Å²) in [5, 5.41) is 7.39. The molecule has 1 saturated heterocycles. The molecular formula is C17H21N3O3. The molecule has 0 spiro atoms. The predicted octanol–water partition coefficient (Wildman–Crippen LogP) is 2.28. The molecule has 23 heavy (non-hydrogen) atoms. The number of aryl methyl sites for hydroxylation is 2. The third-order valence-corrected chi connectivity index (χ3v) is 4.95. The number of carbonyl (C=O) groups is 1. The Morgan fingerprint density at radius 3 is 3.13 bits per heavy atom. The van der Waals surface area contributed by atoms with Crippen molar-refractivity contribution in [2.75, 3.05) is 6.61 Å².